The lowest BCUT2D eigenvalue weighted by Gasteiger charge is -2.43. The van der Waals surface area contributed by atoms with Gasteiger partial charge in [0.1, 0.15) is 0 Å². The van der Waals surface area contributed by atoms with E-state index in [4.69, 9.17) is 10.5 Å². The minimum Gasteiger partial charge on any atom is -0.394 e. The number of aliphatic hydroxyl groups excluding tert-OH is 1. The van der Waals surface area contributed by atoms with Crippen molar-refractivity contribution in [2.45, 2.75) is 38.0 Å². The molecule has 2 rings (SSSR count). The Morgan fingerprint density at radius 3 is 2.76 bits per heavy atom. The normalized spacial score (nSPS) is 22.9. The van der Waals surface area contributed by atoms with Crippen molar-refractivity contribution in [3.8, 4) is 0 Å². The van der Waals surface area contributed by atoms with E-state index < -0.39 is 11.6 Å². The molecule has 0 spiro atoms. The van der Waals surface area contributed by atoms with Gasteiger partial charge >= 0.3 is 0 Å². The first-order chi connectivity index (χ1) is 9.91. The summed E-state index contributed by atoms with van der Waals surface area (Å²) in [6.07, 6.45) is 0.169. The number of rotatable bonds is 4. The van der Waals surface area contributed by atoms with Crippen LogP contribution in [-0.4, -0.2) is 53.4 Å². The molecular formula is C16H24N2O3. The van der Waals surface area contributed by atoms with Gasteiger partial charge in [0.15, 0.2) is 0 Å². The number of carbonyl (C=O) groups is 1. The fourth-order valence-corrected chi connectivity index (χ4v) is 2.75. The minimum absolute atomic E-state index is 0.0892. The second-order valence-corrected chi connectivity index (χ2v) is 6.20. The molecule has 1 aromatic rings. The predicted octanol–water partition coefficient (Wildman–Crippen LogP) is 0.555. The summed E-state index contributed by atoms with van der Waals surface area (Å²) in [6.45, 7) is 4.61. The van der Waals surface area contributed by atoms with Crippen molar-refractivity contribution in [1.82, 2.24) is 4.90 Å². The Balaban J connectivity index is 2.01. The standard InChI is InChI=1S/C16H24N2O3/c1-16(2)11-18(9-13(10-19)21-16)15(20)14(17)8-12-6-4-3-5-7-12/h3-7,13-14,19H,8-11,17H2,1-2H3. The Labute approximate surface area is 125 Å². The van der Waals surface area contributed by atoms with Crippen LogP contribution < -0.4 is 5.73 Å². The van der Waals surface area contributed by atoms with E-state index in [0.29, 0.717) is 19.5 Å². The van der Waals surface area contributed by atoms with Gasteiger partial charge in [0.2, 0.25) is 5.91 Å². The molecule has 2 atom stereocenters. The zero-order valence-electron chi connectivity index (χ0n) is 12.7. The molecule has 21 heavy (non-hydrogen) atoms. The highest BCUT2D eigenvalue weighted by atomic mass is 16.5. The molecule has 116 valence electrons. The molecule has 1 amide bonds. The number of amides is 1. The van der Waals surface area contributed by atoms with Crippen LogP contribution in [0.15, 0.2) is 30.3 Å². The van der Waals surface area contributed by atoms with Crippen molar-refractivity contribution in [1.29, 1.82) is 0 Å². The van der Waals surface area contributed by atoms with Crippen molar-refractivity contribution in [2.24, 2.45) is 5.73 Å². The van der Waals surface area contributed by atoms with E-state index >= 15 is 0 Å². The maximum absolute atomic E-state index is 12.5. The Bertz CT molecular complexity index is 476. The van der Waals surface area contributed by atoms with E-state index in [-0.39, 0.29) is 18.6 Å². The molecule has 5 nitrogen and oxygen atoms in total. The molecule has 3 N–H and O–H groups in total. The van der Waals surface area contributed by atoms with E-state index in [2.05, 4.69) is 0 Å². The number of benzene rings is 1. The molecular weight excluding hydrogens is 268 g/mol. The number of hydrogen-bond donors (Lipinski definition) is 2. The second-order valence-electron chi connectivity index (χ2n) is 6.20. The summed E-state index contributed by atoms with van der Waals surface area (Å²) in [5.41, 5.74) is 6.64. The van der Waals surface area contributed by atoms with Crippen molar-refractivity contribution in [2.75, 3.05) is 19.7 Å². The van der Waals surface area contributed by atoms with Crippen LogP contribution in [0.4, 0.5) is 0 Å². The fraction of sp³-hybridized carbons (Fsp3) is 0.562. The second kappa shape index (κ2) is 6.56. The van der Waals surface area contributed by atoms with Crippen LogP contribution in [0.2, 0.25) is 0 Å². The maximum atomic E-state index is 12.5. The molecule has 1 aromatic carbocycles. The minimum atomic E-state index is -0.569. The van der Waals surface area contributed by atoms with Gasteiger partial charge in [-0.05, 0) is 25.8 Å². The number of hydrogen-bond acceptors (Lipinski definition) is 4. The molecule has 1 heterocycles. The van der Waals surface area contributed by atoms with Gasteiger partial charge in [-0.25, -0.2) is 0 Å². The van der Waals surface area contributed by atoms with Crippen LogP contribution in [0.5, 0.6) is 0 Å². The van der Waals surface area contributed by atoms with Gasteiger partial charge in [0.25, 0.3) is 0 Å². The molecule has 2 unspecified atom stereocenters. The van der Waals surface area contributed by atoms with Gasteiger partial charge in [-0.1, -0.05) is 30.3 Å². The molecule has 5 heteroatoms. The molecule has 1 saturated heterocycles. The van der Waals surface area contributed by atoms with E-state index in [9.17, 15) is 9.90 Å². The van der Waals surface area contributed by atoms with Crippen LogP contribution >= 0.6 is 0 Å². The van der Waals surface area contributed by atoms with E-state index in [1.54, 1.807) is 4.90 Å². The molecule has 0 saturated carbocycles. The van der Waals surface area contributed by atoms with Crippen LogP contribution in [0, 0.1) is 0 Å². The topological polar surface area (TPSA) is 75.8 Å². The van der Waals surface area contributed by atoms with Gasteiger partial charge in [-0.2, -0.15) is 0 Å². The third-order valence-corrected chi connectivity index (χ3v) is 3.61. The maximum Gasteiger partial charge on any atom is 0.240 e. The summed E-state index contributed by atoms with van der Waals surface area (Å²) in [5.74, 6) is -0.0892. The fourth-order valence-electron chi connectivity index (χ4n) is 2.75. The molecule has 0 aromatic heterocycles. The number of ether oxygens (including phenoxy) is 1. The van der Waals surface area contributed by atoms with Gasteiger partial charge in [0, 0.05) is 13.1 Å². The predicted molar refractivity (Wildman–Crippen MR) is 80.7 cm³/mol. The van der Waals surface area contributed by atoms with Crippen molar-refractivity contribution < 1.29 is 14.6 Å². The number of aliphatic hydroxyl groups is 1. The lowest BCUT2D eigenvalue weighted by Crippen LogP contribution is -2.58. The lowest BCUT2D eigenvalue weighted by atomic mass is 10.0. The highest BCUT2D eigenvalue weighted by Crippen LogP contribution is 2.21. The third kappa shape index (κ3) is 4.27. The summed E-state index contributed by atoms with van der Waals surface area (Å²) >= 11 is 0. The van der Waals surface area contributed by atoms with Crippen LogP contribution in [-0.2, 0) is 16.0 Å². The lowest BCUT2D eigenvalue weighted by molar-refractivity contribution is -0.167. The Hall–Kier alpha value is -1.43. The van der Waals surface area contributed by atoms with E-state index in [1.807, 2.05) is 44.2 Å². The molecule has 1 aliphatic rings. The molecule has 0 aliphatic carbocycles. The van der Waals surface area contributed by atoms with Crippen molar-refractivity contribution in [3.63, 3.8) is 0 Å². The van der Waals surface area contributed by atoms with Gasteiger partial charge < -0.3 is 20.5 Å². The number of nitrogens with two attached hydrogens (primary N) is 1. The average Bonchev–Trinajstić information content (AvgIpc) is 2.45. The molecule has 1 aliphatic heterocycles. The van der Waals surface area contributed by atoms with Gasteiger partial charge in [0.05, 0.1) is 24.4 Å². The number of morpholine rings is 1. The summed E-state index contributed by atoms with van der Waals surface area (Å²) in [7, 11) is 0. The van der Waals surface area contributed by atoms with Gasteiger partial charge in [-0.3, -0.25) is 4.79 Å². The summed E-state index contributed by atoms with van der Waals surface area (Å²) < 4.78 is 5.72. The summed E-state index contributed by atoms with van der Waals surface area (Å²) in [4.78, 5) is 14.2. The van der Waals surface area contributed by atoms with E-state index in [0.717, 1.165) is 5.56 Å². The Morgan fingerprint density at radius 1 is 1.48 bits per heavy atom. The smallest absolute Gasteiger partial charge is 0.240 e. The first-order valence-corrected chi connectivity index (χ1v) is 7.28. The van der Waals surface area contributed by atoms with Crippen LogP contribution in [0.1, 0.15) is 19.4 Å². The number of carbonyl (C=O) groups excluding carboxylic acids is 1. The first kappa shape index (κ1) is 15.9. The summed E-state index contributed by atoms with van der Waals surface area (Å²) in [5, 5.41) is 9.30. The highest BCUT2D eigenvalue weighted by molar-refractivity contribution is 5.82. The SMILES string of the molecule is CC1(C)CN(C(=O)C(N)Cc2ccccc2)CC(CO)O1. The van der Waals surface area contributed by atoms with Crippen molar-refractivity contribution in [3.05, 3.63) is 35.9 Å². The third-order valence-electron chi connectivity index (χ3n) is 3.61. The Morgan fingerprint density at radius 2 is 2.14 bits per heavy atom. The first-order valence-electron chi connectivity index (χ1n) is 7.28. The molecule has 1 fully saturated rings. The Kier molecular flexibility index (Phi) is 4.98. The van der Waals surface area contributed by atoms with E-state index in [1.165, 1.54) is 0 Å². The highest BCUT2D eigenvalue weighted by Gasteiger charge is 2.36. The quantitative estimate of drug-likeness (QED) is 0.850. The zero-order chi connectivity index (χ0) is 15.5. The largest absolute Gasteiger partial charge is 0.394 e. The molecule has 0 radical (unpaired) electrons. The monoisotopic (exact) mass is 292 g/mol. The zero-order valence-corrected chi connectivity index (χ0v) is 12.7. The molecule has 0 bridgehead atoms. The number of nitrogens with zero attached hydrogens (tertiary/aromatic N) is 1. The average molecular weight is 292 g/mol. The van der Waals surface area contributed by atoms with Crippen LogP contribution in [0.3, 0.4) is 0 Å². The summed E-state index contributed by atoms with van der Waals surface area (Å²) in [6, 6.07) is 9.17. The van der Waals surface area contributed by atoms with Gasteiger partial charge in [-0.15, -0.1) is 0 Å². The van der Waals surface area contributed by atoms with Crippen LogP contribution in [0.25, 0.3) is 0 Å². The van der Waals surface area contributed by atoms with Crippen molar-refractivity contribution >= 4 is 5.91 Å².